The second-order valence-corrected chi connectivity index (χ2v) is 6.43. The van der Waals surface area contributed by atoms with Crippen molar-refractivity contribution in [3.63, 3.8) is 0 Å². The molecule has 0 aliphatic carbocycles. The summed E-state index contributed by atoms with van der Waals surface area (Å²) in [6, 6.07) is 13.4. The van der Waals surface area contributed by atoms with Crippen LogP contribution in [0, 0.1) is 0 Å². The van der Waals surface area contributed by atoms with E-state index in [0.717, 1.165) is 16.6 Å². The Morgan fingerprint density at radius 2 is 1.90 bits per heavy atom. The summed E-state index contributed by atoms with van der Waals surface area (Å²) in [5.41, 5.74) is 8.54. The molecule has 7 heteroatoms. The molecule has 1 heterocycles. The average molecular weight is 396 g/mol. The predicted molar refractivity (Wildman–Crippen MR) is 118 cm³/mol. The van der Waals surface area contributed by atoms with Crippen LogP contribution in [-0.4, -0.2) is 43.7 Å². The van der Waals surface area contributed by atoms with Gasteiger partial charge in [-0.25, -0.2) is 9.97 Å². The Hall–Kier alpha value is -3.19. The van der Waals surface area contributed by atoms with Crippen LogP contribution in [-0.2, 0) is 4.74 Å². The number of rotatable bonds is 7. The van der Waals surface area contributed by atoms with Gasteiger partial charge in [0.15, 0.2) is 0 Å². The summed E-state index contributed by atoms with van der Waals surface area (Å²) < 4.78 is 5.41. The lowest BCUT2D eigenvalue weighted by atomic mass is 10.1. The van der Waals surface area contributed by atoms with Crippen molar-refractivity contribution in [3.05, 3.63) is 59.9 Å². The van der Waals surface area contributed by atoms with E-state index in [0.29, 0.717) is 23.5 Å². The quantitative estimate of drug-likeness (QED) is 0.635. The van der Waals surface area contributed by atoms with E-state index in [1.54, 1.807) is 19.2 Å². The molecular formula is C22H29N5O2. The molecule has 1 aromatic heterocycles. The third-order valence-corrected chi connectivity index (χ3v) is 4.36. The normalized spacial score (nSPS) is 11.3. The van der Waals surface area contributed by atoms with Crippen molar-refractivity contribution in [2.45, 2.75) is 19.9 Å². The fraction of sp³-hybridized carbons (Fsp3) is 0.318. The van der Waals surface area contributed by atoms with Gasteiger partial charge < -0.3 is 20.7 Å². The monoisotopic (exact) mass is 395 g/mol. The van der Waals surface area contributed by atoms with Crippen molar-refractivity contribution < 1.29 is 9.53 Å². The van der Waals surface area contributed by atoms with E-state index in [2.05, 4.69) is 21.4 Å². The Labute approximate surface area is 171 Å². The van der Waals surface area contributed by atoms with Crippen molar-refractivity contribution in [2.75, 3.05) is 38.0 Å². The molecule has 1 unspecified atom stereocenters. The first kappa shape index (κ1) is 22.1. The Morgan fingerprint density at radius 1 is 1.17 bits per heavy atom. The first-order chi connectivity index (χ1) is 14.0. The Morgan fingerprint density at radius 3 is 2.55 bits per heavy atom. The molecule has 0 spiro atoms. The summed E-state index contributed by atoms with van der Waals surface area (Å²) in [4.78, 5) is 22.3. The molecule has 0 bridgehead atoms. The largest absolute Gasteiger partial charge is 0.382 e. The number of amides is 1. The number of primary amides is 1. The lowest BCUT2D eigenvalue weighted by Crippen LogP contribution is -2.18. The van der Waals surface area contributed by atoms with Crippen LogP contribution in [0.3, 0.4) is 0 Å². The highest BCUT2D eigenvalue weighted by molar-refractivity contribution is 6.06. The number of nitrogens with two attached hydrogens (primary N) is 1. The van der Waals surface area contributed by atoms with Crippen molar-refractivity contribution in [3.8, 4) is 0 Å². The van der Waals surface area contributed by atoms with Crippen molar-refractivity contribution in [1.29, 1.82) is 0 Å². The second-order valence-electron chi connectivity index (χ2n) is 6.43. The van der Waals surface area contributed by atoms with E-state index in [4.69, 9.17) is 10.5 Å². The van der Waals surface area contributed by atoms with Gasteiger partial charge >= 0.3 is 0 Å². The van der Waals surface area contributed by atoms with Gasteiger partial charge in [0.05, 0.1) is 23.7 Å². The van der Waals surface area contributed by atoms with Gasteiger partial charge in [-0.2, -0.15) is 0 Å². The van der Waals surface area contributed by atoms with Gasteiger partial charge in [0.1, 0.15) is 12.1 Å². The smallest absolute Gasteiger partial charge is 0.250 e. The molecule has 154 valence electrons. The van der Waals surface area contributed by atoms with Gasteiger partial charge in [0, 0.05) is 32.3 Å². The van der Waals surface area contributed by atoms with Gasteiger partial charge in [-0.3, -0.25) is 4.79 Å². The number of para-hydroxylation sites is 1. The fourth-order valence-corrected chi connectivity index (χ4v) is 2.97. The number of carbonyl (C=O) groups is 1. The lowest BCUT2D eigenvalue weighted by molar-refractivity contribution is 0.100. The summed E-state index contributed by atoms with van der Waals surface area (Å²) in [6.45, 7) is 4.46. The predicted octanol–water partition coefficient (Wildman–Crippen LogP) is 3.62. The van der Waals surface area contributed by atoms with Gasteiger partial charge in [0.2, 0.25) is 0 Å². The number of fused-ring (bicyclic) bond motifs is 1. The molecule has 0 aliphatic heterocycles. The number of nitrogens with one attached hydrogen (secondary N) is 1. The summed E-state index contributed by atoms with van der Waals surface area (Å²) in [5.74, 6) is 0.109. The van der Waals surface area contributed by atoms with Crippen LogP contribution in [0.15, 0.2) is 48.8 Å². The summed E-state index contributed by atoms with van der Waals surface area (Å²) in [6.07, 6.45) is 1.43. The van der Waals surface area contributed by atoms with E-state index in [1.807, 2.05) is 57.1 Å². The maximum absolute atomic E-state index is 11.7. The lowest BCUT2D eigenvalue weighted by Gasteiger charge is -2.22. The Balaban J connectivity index is 0.00000145. The number of methoxy groups -OCH3 is 1. The molecule has 1 amide bonds. The van der Waals surface area contributed by atoms with Crippen molar-refractivity contribution >= 4 is 28.3 Å². The Kier molecular flexibility index (Phi) is 7.91. The third kappa shape index (κ3) is 5.20. The molecule has 3 rings (SSSR count). The Bertz CT molecular complexity index is 959. The molecule has 2 aromatic carbocycles. The first-order valence-corrected chi connectivity index (χ1v) is 9.57. The summed E-state index contributed by atoms with van der Waals surface area (Å²) in [7, 11) is 5.66. The molecule has 0 saturated heterocycles. The minimum absolute atomic E-state index is 0.120. The van der Waals surface area contributed by atoms with E-state index < -0.39 is 5.91 Å². The molecular weight excluding hydrogens is 366 g/mol. The number of anilines is 2. The van der Waals surface area contributed by atoms with Crippen LogP contribution in [0.25, 0.3) is 10.9 Å². The van der Waals surface area contributed by atoms with Gasteiger partial charge in [0.25, 0.3) is 5.91 Å². The number of aromatic nitrogens is 2. The molecule has 0 aliphatic rings. The SMILES string of the molecule is CC.COCC(Nc1ncnc2c(C(N)=O)cccc12)c1cccc(N(C)C)c1. The number of nitrogens with zero attached hydrogens (tertiary/aromatic N) is 3. The van der Waals surface area contributed by atoms with Crippen LogP contribution >= 0.6 is 0 Å². The van der Waals surface area contributed by atoms with Crippen LogP contribution in [0.4, 0.5) is 11.5 Å². The molecule has 3 aromatic rings. The van der Waals surface area contributed by atoms with Gasteiger partial charge in [-0.1, -0.05) is 32.0 Å². The molecule has 0 radical (unpaired) electrons. The fourth-order valence-electron chi connectivity index (χ4n) is 2.97. The molecule has 0 fully saturated rings. The second kappa shape index (κ2) is 10.4. The van der Waals surface area contributed by atoms with E-state index in [-0.39, 0.29) is 6.04 Å². The summed E-state index contributed by atoms with van der Waals surface area (Å²) >= 11 is 0. The van der Waals surface area contributed by atoms with E-state index in [1.165, 1.54) is 6.33 Å². The van der Waals surface area contributed by atoms with Crippen molar-refractivity contribution in [2.24, 2.45) is 5.73 Å². The topological polar surface area (TPSA) is 93.4 Å². The van der Waals surface area contributed by atoms with Crippen LogP contribution in [0.1, 0.15) is 35.8 Å². The molecule has 3 N–H and O–H groups in total. The molecule has 29 heavy (non-hydrogen) atoms. The average Bonchev–Trinajstić information content (AvgIpc) is 2.74. The van der Waals surface area contributed by atoms with E-state index >= 15 is 0 Å². The minimum Gasteiger partial charge on any atom is -0.382 e. The standard InChI is InChI=1S/C20H23N5O2.C2H6/c1-25(2)14-7-4-6-13(10-14)17(11-27-3)24-20-16-9-5-8-15(19(21)26)18(16)22-12-23-20;1-2/h4-10,12,17H,11H2,1-3H3,(H2,21,26)(H,22,23,24);1-2H3. The maximum Gasteiger partial charge on any atom is 0.250 e. The number of hydrogen-bond donors (Lipinski definition) is 2. The van der Waals surface area contributed by atoms with Crippen LogP contribution in [0.2, 0.25) is 0 Å². The highest BCUT2D eigenvalue weighted by Crippen LogP contribution is 2.27. The number of carbonyl (C=O) groups excluding carboxylic acids is 1. The summed E-state index contributed by atoms with van der Waals surface area (Å²) in [5, 5.41) is 4.16. The van der Waals surface area contributed by atoms with Gasteiger partial charge in [-0.15, -0.1) is 0 Å². The zero-order valence-corrected chi connectivity index (χ0v) is 17.6. The van der Waals surface area contributed by atoms with Crippen LogP contribution in [0.5, 0.6) is 0 Å². The maximum atomic E-state index is 11.7. The van der Waals surface area contributed by atoms with Crippen LogP contribution < -0.4 is 16.0 Å². The van der Waals surface area contributed by atoms with Crippen molar-refractivity contribution in [1.82, 2.24) is 9.97 Å². The highest BCUT2D eigenvalue weighted by atomic mass is 16.5. The number of hydrogen-bond acceptors (Lipinski definition) is 6. The third-order valence-electron chi connectivity index (χ3n) is 4.36. The molecule has 0 saturated carbocycles. The van der Waals surface area contributed by atoms with Gasteiger partial charge in [-0.05, 0) is 29.8 Å². The zero-order chi connectivity index (χ0) is 21.4. The first-order valence-electron chi connectivity index (χ1n) is 9.57. The highest BCUT2D eigenvalue weighted by Gasteiger charge is 2.16. The number of ether oxygens (including phenoxy) is 1. The zero-order valence-electron chi connectivity index (χ0n) is 17.6. The molecule has 7 nitrogen and oxygen atoms in total. The number of benzene rings is 2. The van der Waals surface area contributed by atoms with E-state index in [9.17, 15) is 4.79 Å². The minimum atomic E-state index is -0.516. The molecule has 1 atom stereocenters.